The van der Waals surface area contributed by atoms with Gasteiger partial charge in [-0.05, 0) is 24.5 Å². The Labute approximate surface area is 136 Å². The number of hydrogen-bond acceptors (Lipinski definition) is 2. The molecule has 1 amide bonds. The SMILES string of the molecule is CCc1cccc(C)c1NC(=O)c1c(F)c(F)c(OC)c(F)c1F. The number of anilines is 1. The van der Waals surface area contributed by atoms with Crippen molar-refractivity contribution in [2.75, 3.05) is 12.4 Å². The number of ether oxygens (including phenoxy) is 1. The number of carbonyl (C=O) groups is 1. The number of methoxy groups -OCH3 is 1. The van der Waals surface area contributed by atoms with E-state index in [1.807, 2.05) is 6.92 Å². The molecule has 0 aliphatic rings. The Hall–Kier alpha value is -2.57. The molecule has 0 saturated carbocycles. The average molecular weight is 341 g/mol. The van der Waals surface area contributed by atoms with E-state index < -0.39 is 40.5 Å². The fourth-order valence-electron chi connectivity index (χ4n) is 2.37. The van der Waals surface area contributed by atoms with Crippen LogP contribution in [0.25, 0.3) is 0 Å². The summed E-state index contributed by atoms with van der Waals surface area (Å²) >= 11 is 0. The number of hydrogen-bond donors (Lipinski definition) is 1. The summed E-state index contributed by atoms with van der Waals surface area (Å²) in [6, 6.07) is 5.18. The third kappa shape index (κ3) is 2.93. The molecule has 24 heavy (non-hydrogen) atoms. The maximum Gasteiger partial charge on any atom is 0.261 e. The van der Waals surface area contributed by atoms with Crippen LogP contribution in [0.5, 0.6) is 5.75 Å². The van der Waals surface area contributed by atoms with Crippen LogP contribution in [-0.2, 0) is 6.42 Å². The standard InChI is InChI=1S/C17H15F4NO2/c1-4-9-7-5-6-8(2)15(9)22-17(23)10-11(18)13(20)16(24-3)14(21)12(10)19/h5-7H,4H2,1-3H3,(H,22,23). The molecule has 2 rings (SSSR count). The molecule has 0 aliphatic heterocycles. The molecule has 2 aromatic rings. The number of halogens is 4. The lowest BCUT2D eigenvalue weighted by Crippen LogP contribution is -2.20. The largest absolute Gasteiger partial charge is 0.491 e. The number of aryl methyl sites for hydroxylation is 2. The summed E-state index contributed by atoms with van der Waals surface area (Å²) in [5.41, 5.74) is 0.383. The van der Waals surface area contributed by atoms with Gasteiger partial charge in [0, 0.05) is 5.69 Å². The third-order valence-corrected chi connectivity index (χ3v) is 3.63. The van der Waals surface area contributed by atoms with Crippen LogP contribution in [0.4, 0.5) is 23.2 Å². The van der Waals surface area contributed by atoms with Crippen molar-refractivity contribution in [3.8, 4) is 5.75 Å². The fourth-order valence-corrected chi connectivity index (χ4v) is 2.37. The molecule has 0 heterocycles. The molecular weight excluding hydrogens is 326 g/mol. The third-order valence-electron chi connectivity index (χ3n) is 3.63. The van der Waals surface area contributed by atoms with E-state index in [0.29, 0.717) is 17.7 Å². The molecule has 0 aromatic heterocycles. The molecule has 1 N–H and O–H groups in total. The van der Waals surface area contributed by atoms with Gasteiger partial charge in [-0.2, -0.15) is 8.78 Å². The van der Waals surface area contributed by atoms with Crippen LogP contribution in [0, 0.1) is 30.2 Å². The Morgan fingerprint density at radius 3 is 2.17 bits per heavy atom. The van der Waals surface area contributed by atoms with Gasteiger partial charge >= 0.3 is 0 Å². The van der Waals surface area contributed by atoms with E-state index in [0.717, 1.165) is 12.7 Å². The van der Waals surface area contributed by atoms with Crippen LogP contribution in [0.3, 0.4) is 0 Å². The smallest absolute Gasteiger partial charge is 0.261 e. The van der Waals surface area contributed by atoms with Crippen molar-refractivity contribution in [2.24, 2.45) is 0 Å². The molecule has 3 nitrogen and oxygen atoms in total. The second-order valence-electron chi connectivity index (χ2n) is 5.08. The van der Waals surface area contributed by atoms with Crippen molar-refractivity contribution >= 4 is 11.6 Å². The Bertz CT molecular complexity index is 777. The molecule has 128 valence electrons. The number of carbonyl (C=O) groups excluding carboxylic acids is 1. The van der Waals surface area contributed by atoms with Gasteiger partial charge in [-0.3, -0.25) is 4.79 Å². The van der Waals surface area contributed by atoms with Crippen molar-refractivity contribution in [1.29, 1.82) is 0 Å². The van der Waals surface area contributed by atoms with E-state index in [1.54, 1.807) is 25.1 Å². The minimum atomic E-state index is -1.81. The fraction of sp³-hybridized carbons (Fsp3) is 0.235. The van der Waals surface area contributed by atoms with E-state index in [-0.39, 0.29) is 0 Å². The molecule has 0 unspecified atom stereocenters. The van der Waals surface area contributed by atoms with Gasteiger partial charge < -0.3 is 10.1 Å². The average Bonchev–Trinajstić information content (AvgIpc) is 2.55. The molecule has 0 saturated heterocycles. The molecule has 2 aromatic carbocycles. The number of nitrogens with one attached hydrogen (secondary N) is 1. The van der Waals surface area contributed by atoms with Crippen molar-refractivity contribution in [3.05, 3.63) is 58.2 Å². The second kappa shape index (κ2) is 6.90. The summed E-state index contributed by atoms with van der Waals surface area (Å²) in [5.74, 6) is -9.64. The molecule has 7 heteroatoms. The van der Waals surface area contributed by atoms with Gasteiger partial charge in [0.15, 0.2) is 17.4 Å². The van der Waals surface area contributed by atoms with Gasteiger partial charge in [0.25, 0.3) is 5.91 Å². The summed E-state index contributed by atoms with van der Waals surface area (Å²) in [5, 5.41) is 2.33. The number of rotatable bonds is 4. The quantitative estimate of drug-likeness (QED) is 0.662. The molecule has 0 fully saturated rings. The van der Waals surface area contributed by atoms with E-state index in [9.17, 15) is 22.4 Å². The van der Waals surface area contributed by atoms with Crippen LogP contribution in [0.15, 0.2) is 18.2 Å². The van der Waals surface area contributed by atoms with Crippen LogP contribution < -0.4 is 10.1 Å². The lowest BCUT2D eigenvalue weighted by Gasteiger charge is -2.15. The molecule has 0 aliphatic carbocycles. The number of benzene rings is 2. The molecule has 0 spiro atoms. The van der Waals surface area contributed by atoms with Crippen LogP contribution >= 0.6 is 0 Å². The van der Waals surface area contributed by atoms with Gasteiger partial charge in [0.05, 0.1) is 7.11 Å². The first-order valence-electron chi connectivity index (χ1n) is 7.13. The zero-order valence-electron chi connectivity index (χ0n) is 13.3. The molecule has 0 bridgehead atoms. The van der Waals surface area contributed by atoms with Crippen molar-refractivity contribution in [1.82, 2.24) is 0 Å². The molecule has 0 atom stereocenters. The lowest BCUT2D eigenvalue weighted by atomic mass is 10.0. The highest BCUT2D eigenvalue weighted by atomic mass is 19.2. The summed E-state index contributed by atoms with van der Waals surface area (Å²) in [7, 11) is 0.862. The van der Waals surface area contributed by atoms with Crippen LogP contribution in [0.1, 0.15) is 28.4 Å². The highest BCUT2D eigenvalue weighted by Crippen LogP contribution is 2.31. The minimum Gasteiger partial charge on any atom is -0.491 e. The van der Waals surface area contributed by atoms with Crippen LogP contribution in [0.2, 0.25) is 0 Å². The van der Waals surface area contributed by atoms with E-state index >= 15 is 0 Å². The first-order chi connectivity index (χ1) is 11.3. The summed E-state index contributed by atoms with van der Waals surface area (Å²) in [4.78, 5) is 12.2. The number of amides is 1. The summed E-state index contributed by atoms with van der Waals surface area (Å²) < 4.78 is 59.8. The first-order valence-corrected chi connectivity index (χ1v) is 7.13. The van der Waals surface area contributed by atoms with Crippen LogP contribution in [-0.4, -0.2) is 13.0 Å². The Morgan fingerprint density at radius 2 is 1.67 bits per heavy atom. The summed E-state index contributed by atoms with van der Waals surface area (Å²) in [6.07, 6.45) is 0.549. The van der Waals surface area contributed by atoms with Crippen molar-refractivity contribution < 1.29 is 27.1 Å². The highest BCUT2D eigenvalue weighted by Gasteiger charge is 2.30. The zero-order valence-corrected chi connectivity index (χ0v) is 13.3. The normalized spacial score (nSPS) is 10.6. The monoisotopic (exact) mass is 341 g/mol. The topological polar surface area (TPSA) is 38.3 Å². The Morgan fingerprint density at radius 1 is 1.08 bits per heavy atom. The van der Waals surface area contributed by atoms with Crippen molar-refractivity contribution in [2.45, 2.75) is 20.3 Å². The highest BCUT2D eigenvalue weighted by molar-refractivity contribution is 6.05. The minimum absolute atomic E-state index is 0.348. The number of para-hydroxylation sites is 1. The van der Waals surface area contributed by atoms with Gasteiger partial charge in [-0.25, -0.2) is 8.78 Å². The van der Waals surface area contributed by atoms with E-state index in [1.165, 1.54) is 0 Å². The molecule has 0 radical (unpaired) electrons. The van der Waals surface area contributed by atoms with Gasteiger partial charge in [-0.1, -0.05) is 25.1 Å². The van der Waals surface area contributed by atoms with E-state index in [2.05, 4.69) is 10.1 Å². The maximum atomic E-state index is 14.0. The lowest BCUT2D eigenvalue weighted by molar-refractivity contribution is 0.101. The molecular formula is C17H15F4NO2. The Kier molecular flexibility index (Phi) is 5.11. The van der Waals surface area contributed by atoms with Gasteiger partial charge in [-0.15, -0.1) is 0 Å². The first kappa shape index (κ1) is 17.8. The van der Waals surface area contributed by atoms with E-state index in [4.69, 9.17) is 0 Å². The maximum absolute atomic E-state index is 14.0. The van der Waals surface area contributed by atoms with Crippen molar-refractivity contribution in [3.63, 3.8) is 0 Å². The second-order valence-corrected chi connectivity index (χ2v) is 5.08. The summed E-state index contributed by atoms with van der Waals surface area (Å²) in [6.45, 7) is 3.52. The Balaban J connectivity index is 2.53. The zero-order chi connectivity index (χ0) is 18.0. The predicted octanol–water partition coefficient (Wildman–Crippen LogP) is 4.37. The predicted molar refractivity (Wildman–Crippen MR) is 81.3 cm³/mol. The van der Waals surface area contributed by atoms with Gasteiger partial charge in [0.2, 0.25) is 11.6 Å². The van der Waals surface area contributed by atoms with Gasteiger partial charge in [0.1, 0.15) is 5.56 Å².